The molecule has 0 bridgehead atoms. The minimum atomic E-state index is -1.56. The minimum Gasteiger partial charge on any atom is -0.285 e. The van der Waals surface area contributed by atoms with Crippen molar-refractivity contribution in [3.8, 4) is 0 Å². The van der Waals surface area contributed by atoms with Crippen LogP contribution in [0.1, 0.15) is 17.2 Å². The van der Waals surface area contributed by atoms with Crippen LogP contribution in [0.4, 0.5) is 11.4 Å². The molecule has 4 nitrogen and oxygen atoms in total. The predicted octanol–water partition coefficient (Wildman–Crippen LogP) is 5.27. The van der Waals surface area contributed by atoms with E-state index in [0.717, 1.165) is 22.5 Å². The Bertz CT molecular complexity index is 927. The lowest BCUT2D eigenvalue weighted by molar-refractivity contribution is 0.682. The molecule has 3 aromatic rings. The second-order valence-electron chi connectivity index (χ2n) is 6.36. The Morgan fingerprint density at radius 2 is 1.52 bits per heavy atom. The number of nitrogens with one attached hydrogen (secondary N) is 1. The lowest BCUT2D eigenvalue weighted by atomic mass is 10.0. The zero-order valence-electron chi connectivity index (χ0n) is 14.7. The van der Waals surface area contributed by atoms with Crippen molar-refractivity contribution in [1.82, 2.24) is 0 Å². The van der Waals surface area contributed by atoms with Gasteiger partial charge >= 0.3 is 0 Å². The van der Waals surface area contributed by atoms with E-state index in [9.17, 15) is 4.21 Å². The Morgan fingerprint density at radius 1 is 0.889 bits per heavy atom. The van der Waals surface area contributed by atoms with Crippen molar-refractivity contribution in [2.45, 2.75) is 13.0 Å². The SMILES string of the molecule is Cc1ccc(N2C(c3ccc(Cl)cc3)C(=N)N(c3ccccc3)S2=O)cc1. The minimum absolute atomic E-state index is 0.266. The molecular formula is C21H18ClN3OS. The fourth-order valence-electron chi connectivity index (χ4n) is 3.15. The number of para-hydroxylation sites is 1. The first-order chi connectivity index (χ1) is 13.1. The molecule has 0 spiro atoms. The maximum atomic E-state index is 13.4. The predicted molar refractivity (Wildman–Crippen MR) is 113 cm³/mol. The van der Waals surface area contributed by atoms with Gasteiger partial charge in [0, 0.05) is 5.02 Å². The number of amidine groups is 1. The van der Waals surface area contributed by atoms with E-state index in [0.29, 0.717) is 5.02 Å². The second-order valence-corrected chi connectivity index (χ2v) is 8.02. The van der Waals surface area contributed by atoms with E-state index < -0.39 is 17.2 Å². The summed E-state index contributed by atoms with van der Waals surface area (Å²) in [6.07, 6.45) is 0. The Morgan fingerprint density at radius 3 is 2.15 bits per heavy atom. The van der Waals surface area contributed by atoms with E-state index in [1.54, 1.807) is 20.7 Å². The van der Waals surface area contributed by atoms with Gasteiger partial charge in [0.1, 0.15) is 11.9 Å². The summed E-state index contributed by atoms with van der Waals surface area (Å²) in [7, 11) is 0. The monoisotopic (exact) mass is 395 g/mol. The molecule has 2 unspecified atom stereocenters. The molecule has 1 heterocycles. The number of halogens is 1. The van der Waals surface area contributed by atoms with Crippen molar-refractivity contribution in [3.63, 3.8) is 0 Å². The maximum Gasteiger partial charge on any atom is 0.232 e. The summed E-state index contributed by atoms with van der Waals surface area (Å²) in [6, 6.07) is 24.1. The van der Waals surface area contributed by atoms with E-state index in [4.69, 9.17) is 17.0 Å². The van der Waals surface area contributed by atoms with Crippen LogP contribution in [0.15, 0.2) is 78.9 Å². The van der Waals surface area contributed by atoms with Crippen LogP contribution in [0.25, 0.3) is 0 Å². The molecule has 27 heavy (non-hydrogen) atoms. The number of aryl methyl sites for hydroxylation is 1. The van der Waals surface area contributed by atoms with Crippen molar-refractivity contribution in [2.24, 2.45) is 0 Å². The van der Waals surface area contributed by atoms with E-state index in [1.807, 2.05) is 73.7 Å². The lowest BCUT2D eigenvalue weighted by Crippen LogP contribution is -2.27. The first-order valence-electron chi connectivity index (χ1n) is 8.53. The van der Waals surface area contributed by atoms with Crippen molar-refractivity contribution in [3.05, 3.63) is 95.0 Å². The van der Waals surface area contributed by atoms with Gasteiger partial charge in [-0.15, -0.1) is 0 Å². The third-order valence-electron chi connectivity index (χ3n) is 4.50. The number of hydrogen-bond donors (Lipinski definition) is 1. The molecule has 0 saturated carbocycles. The van der Waals surface area contributed by atoms with E-state index in [-0.39, 0.29) is 5.84 Å². The third kappa shape index (κ3) is 3.24. The van der Waals surface area contributed by atoms with Gasteiger partial charge in [-0.3, -0.25) is 9.71 Å². The molecule has 1 aliphatic heterocycles. The van der Waals surface area contributed by atoms with Crippen molar-refractivity contribution in [2.75, 3.05) is 8.61 Å². The number of anilines is 2. The van der Waals surface area contributed by atoms with Gasteiger partial charge in [0.05, 0.1) is 11.4 Å². The summed E-state index contributed by atoms with van der Waals surface area (Å²) < 4.78 is 16.8. The molecule has 136 valence electrons. The molecule has 0 aromatic heterocycles. The van der Waals surface area contributed by atoms with Gasteiger partial charge in [0.15, 0.2) is 0 Å². The summed E-state index contributed by atoms with van der Waals surface area (Å²) in [5.74, 6) is 0.266. The molecule has 1 saturated heterocycles. The van der Waals surface area contributed by atoms with Crippen LogP contribution < -0.4 is 8.61 Å². The van der Waals surface area contributed by atoms with E-state index in [1.165, 1.54) is 0 Å². The van der Waals surface area contributed by atoms with Gasteiger partial charge in [0.2, 0.25) is 11.2 Å². The van der Waals surface area contributed by atoms with Crippen LogP contribution in [-0.2, 0) is 11.2 Å². The molecule has 1 aliphatic rings. The second kappa shape index (κ2) is 7.18. The summed E-state index contributed by atoms with van der Waals surface area (Å²) in [5.41, 5.74) is 3.54. The molecule has 0 amide bonds. The van der Waals surface area contributed by atoms with Crippen LogP contribution in [0.2, 0.25) is 5.02 Å². The highest BCUT2D eigenvalue weighted by atomic mass is 35.5. The smallest absolute Gasteiger partial charge is 0.232 e. The van der Waals surface area contributed by atoms with Gasteiger partial charge in [-0.05, 0) is 48.9 Å². The first-order valence-corrected chi connectivity index (χ1v) is 9.97. The summed E-state index contributed by atoms with van der Waals surface area (Å²) >= 11 is 4.48. The zero-order chi connectivity index (χ0) is 19.0. The zero-order valence-corrected chi connectivity index (χ0v) is 16.2. The van der Waals surface area contributed by atoms with Crippen LogP contribution in [0.5, 0.6) is 0 Å². The standard InChI is InChI=1S/C21H18ClN3OS/c1-15-7-13-19(14-8-15)24-20(16-9-11-17(22)12-10-16)21(23)25(27(24)26)18-5-3-2-4-6-18/h2-14,20,23H,1H3. The molecule has 0 aliphatic carbocycles. The van der Waals surface area contributed by atoms with E-state index >= 15 is 0 Å². The Hall–Kier alpha value is -2.63. The highest BCUT2D eigenvalue weighted by molar-refractivity contribution is 7.89. The molecule has 4 rings (SSSR count). The lowest BCUT2D eigenvalue weighted by Gasteiger charge is -2.23. The largest absolute Gasteiger partial charge is 0.285 e. The van der Waals surface area contributed by atoms with Gasteiger partial charge in [-0.25, -0.2) is 8.51 Å². The molecular weight excluding hydrogens is 378 g/mol. The third-order valence-corrected chi connectivity index (χ3v) is 6.23. The average molecular weight is 396 g/mol. The molecule has 6 heteroatoms. The fraction of sp³-hybridized carbons (Fsp3) is 0.0952. The molecule has 1 N–H and O–H groups in total. The fourth-order valence-corrected chi connectivity index (χ4v) is 4.72. The summed E-state index contributed by atoms with van der Waals surface area (Å²) in [6.45, 7) is 2.01. The number of nitrogens with zero attached hydrogens (tertiary/aromatic N) is 2. The van der Waals surface area contributed by atoms with Crippen molar-refractivity contribution in [1.29, 1.82) is 5.41 Å². The Labute approximate surface area is 166 Å². The number of hydrogen-bond acceptors (Lipinski definition) is 2. The Kier molecular flexibility index (Phi) is 4.72. The first kappa shape index (κ1) is 17.8. The molecule has 2 atom stereocenters. The van der Waals surface area contributed by atoms with Crippen LogP contribution >= 0.6 is 11.6 Å². The highest BCUT2D eigenvalue weighted by Crippen LogP contribution is 2.40. The molecule has 3 aromatic carbocycles. The number of rotatable bonds is 3. The quantitative estimate of drug-likeness (QED) is 0.645. The van der Waals surface area contributed by atoms with Crippen molar-refractivity contribution >= 4 is 40.0 Å². The topological polar surface area (TPSA) is 47.4 Å². The average Bonchev–Trinajstić information content (AvgIpc) is 2.94. The van der Waals surface area contributed by atoms with Crippen LogP contribution in [0, 0.1) is 12.3 Å². The van der Waals surface area contributed by atoms with E-state index in [2.05, 4.69) is 0 Å². The summed E-state index contributed by atoms with van der Waals surface area (Å²) in [5, 5.41) is 9.43. The van der Waals surface area contributed by atoms with Gasteiger partial charge in [0.25, 0.3) is 0 Å². The van der Waals surface area contributed by atoms with Gasteiger partial charge < -0.3 is 0 Å². The maximum absolute atomic E-state index is 13.4. The highest BCUT2D eigenvalue weighted by Gasteiger charge is 2.44. The van der Waals surface area contributed by atoms with Crippen LogP contribution in [-0.4, -0.2) is 10.0 Å². The van der Waals surface area contributed by atoms with Crippen LogP contribution in [0.3, 0.4) is 0 Å². The summed E-state index contributed by atoms with van der Waals surface area (Å²) in [4.78, 5) is 0. The van der Waals surface area contributed by atoms with Gasteiger partial charge in [-0.1, -0.05) is 59.6 Å². The Balaban J connectivity index is 1.84. The van der Waals surface area contributed by atoms with Crippen molar-refractivity contribution < 1.29 is 4.21 Å². The van der Waals surface area contributed by atoms with Gasteiger partial charge in [-0.2, -0.15) is 0 Å². The normalized spacial score (nSPS) is 19.6. The molecule has 1 fully saturated rings. The number of benzene rings is 3. The molecule has 0 radical (unpaired) electrons.